The van der Waals surface area contributed by atoms with Gasteiger partial charge in [0, 0.05) is 19.4 Å². The highest BCUT2D eigenvalue weighted by Crippen LogP contribution is 2.37. The summed E-state index contributed by atoms with van der Waals surface area (Å²) in [6.07, 6.45) is -0.302. The maximum atomic E-state index is 15.0. The first-order chi connectivity index (χ1) is 17.0. The maximum Gasteiger partial charge on any atom is 0.494 e. The molecule has 37 heavy (non-hydrogen) atoms. The summed E-state index contributed by atoms with van der Waals surface area (Å²) in [6.45, 7) is 8.30. The van der Waals surface area contributed by atoms with E-state index in [9.17, 15) is 26.4 Å². The van der Waals surface area contributed by atoms with E-state index in [1.54, 1.807) is 6.07 Å². The van der Waals surface area contributed by atoms with Crippen LogP contribution in [0.5, 0.6) is 0 Å². The van der Waals surface area contributed by atoms with Crippen LogP contribution in [0.2, 0.25) is 0 Å². The summed E-state index contributed by atoms with van der Waals surface area (Å²) in [7, 11) is -5.02. The Bertz CT molecular complexity index is 1280. The van der Waals surface area contributed by atoms with Crippen LogP contribution >= 0.6 is 0 Å². The lowest BCUT2D eigenvalue weighted by atomic mass is 9.78. The van der Waals surface area contributed by atoms with Gasteiger partial charge in [0.05, 0.1) is 22.1 Å². The molecule has 2 aromatic rings. The number of alkyl halides is 1. The molecule has 6 nitrogen and oxygen atoms in total. The third-order valence-corrected chi connectivity index (χ3v) is 9.28. The highest BCUT2D eigenvalue weighted by atomic mass is 32.2. The first-order valence-corrected chi connectivity index (χ1v) is 13.6. The SMILES string of the molecule is CC1(C)OB(c2cc(F)cc(CCC(=O)[C@@H]3C[C@@](C)(F)CN3S(=O)(=O)c3ccc(F)cc3)c2)OC1(C)C. The highest BCUT2D eigenvalue weighted by molar-refractivity contribution is 7.89. The van der Waals surface area contributed by atoms with Crippen molar-refractivity contribution in [1.29, 1.82) is 0 Å². The largest absolute Gasteiger partial charge is 0.494 e. The molecule has 2 aromatic carbocycles. The van der Waals surface area contributed by atoms with Crippen molar-refractivity contribution in [3.8, 4) is 0 Å². The molecule has 2 saturated heterocycles. The molecule has 200 valence electrons. The third kappa shape index (κ3) is 5.65. The summed E-state index contributed by atoms with van der Waals surface area (Å²) >= 11 is 0. The molecule has 11 heteroatoms. The summed E-state index contributed by atoms with van der Waals surface area (Å²) in [6, 6.07) is 7.25. The topological polar surface area (TPSA) is 72.9 Å². The zero-order valence-electron chi connectivity index (χ0n) is 21.6. The second-order valence-electron chi connectivity index (χ2n) is 11.1. The number of rotatable bonds is 7. The van der Waals surface area contributed by atoms with Crippen LogP contribution in [0.1, 0.15) is 53.0 Å². The number of aryl methyl sites for hydroxylation is 1. The van der Waals surface area contributed by atoms with E-state index in [1.165, 1.54) is 19.1 Å². The lowest BCUT2D eigenvalue weighted by molar-refractivity contribution is -0.122. The van der Waals surface area contributed by atoms with Crippen molar-refractivity contribution >= 4 is 28.4 Å². The van der Waals surface area contributed by atoms with Gasteiger partial charge in [0.2, 0.25) is 10.0 Å². The van der Waals surface area contributed by atoms with Crippen molar-refractivity contribution in [2.45, 2.75) is 81.7 Å². The second kappa shape index (κ2) is 9.52. The number of halogens is 3. The summed E-state index contributed by atoms with van der Waals surface area (Å²) in [4.78, 5) is 12.9. The van der Waals surface area contributed by atoms with Crippen LogP contribution in [0.3, 0.4) is 0 Å². The minimum atomic E-state index is -4.24. The van der Waals surface area contributed by atoms with Crippen LogP contribution in [-0.4, -0.2) is 55.1 Å². The van der Waals surface area contributed by atoms with Crippen molar-refractivity contribution in [2.75, 3.05) is 6.54 Å². The average molecular weight is 537 g/mol. The average Bonchev–Trinajstić information content (AvgIpc) is 3.23. The third-order valence-electron chi connectivity index (χ3n) is 7.41. The van der Waals surface area contributed by atoms with Gasteiger partial charge in [-0.3, -0.25) is 4.79 Å². The molecule has 0 unspecified atom stereocenters. The molecule has 0 bridgehead atoms. The predicted molar refractivity (Wildman–Crippen MR) is 134 cm³/mol. The highest BCUT2D eigenvalue weighted by Gasteiger charge is 2.52. The van der Waals surface area contributed by atoms with E-state index in [2.05, 4.69) is 0 Å². The fourth-order valence-electron chi connectivity index (χ4n) is 4.64. The van der Waals surface area contributed by atoms with Gasteiger partial charge in [0.25, 0.3) is 0 Å². The van der Waals surface area contributed by atoms with Gasteiger partial charge in [-0.2, -0.15) is 4.31 Å². The van der Waals surface area contributed by atoms with Gasteiger partial charge < -0.3 is 9.31 Å². The van der Waals surface area contributed by atoms with E-state index >= 15 is 0 Å². The minimum Gasteiger partial charge on any atom is -0.399 e. The lowest BCUT2D eigenvalue weighted by Gasteiger charge is -2.32. The molecule has 2 atom stereocenters. The molecule has 2 fully saturated rings. The molecule has 4 rings (SSSR count). The Morgan fingerprint density at radius 3 is 2.19 bits per heavy atom. The van der Waals surface area contributed by atoms with Crippen molar-refractivity contribution in [3.05, 3.63) is 59.7 Å². The van der Waals surface area contributed by atoms with Gasteiger partial charge in [-0.05, 0) is 88.5 Å². The molecule has 0 saturated carbocycles. The van der Waals surface area contributed by atoms with Crippen LogP contribution in [-0.2, 0) is 30.5 Å². The van der Waals surface area contributed by atoms with E-state index in [-0.39, 0.29) is 24.2 Å². The first-order valence-electron chi connectivity index (χ1n) is 12.1. The standard InChI is InChI=1S/C26H31BF3NO5S/c1-24(2)25(3,4)36-27(35-24)18-12-17(13-20(29)14-18)6-11-23(32)22-15-26(5,30)16-31(22)37(33,34)21-9-7-19(28)8-10-21/h7-10,12-14,22H,6,11,15-16H2,1-5H3/t22-,26+/m0/s1. The van der Waals surface area contributed by atoms with E-state index in [0.29, 0.717) is 11.0 Å². The van der Waals surface area contributed by atoms with E-state index in [1.807, 2.05) is 27.7 Å². The molecule has 0 spiro atoms. The molecule has 0 N–H and O–H groups in total. The second-order valence-corrected chi connectivity index (χ2v) is 13.0. The number of nitrogens with zero attached hydrogens (tertiary/aromatic N) is 1. The number of Topliss-reactive ketones (excluding diaryl/α,β-unsaturated/α-hetero) is 1. The van der Waals surface area contributed by atoms with Crippen molar-refractivity contribution in [2.24, 2.45) is 0 Å². The Kier molecular flexibility index (Phi) is 7.16. The summed E-state index contributed by atoms with van der Waals surface area (Å²) in [5, 5.41) is 0. The summed E-state index contributed by atoms with van der Waals surface area (Å²) < 4.78 is 81.9. The molecular formula is C26H31BF3NO5S. The van der Waals surface area contributed by atoms with Crippen LogP contribution in [0.15, 0.2) is 47.4 Å². The lowest BCUT2D eigenvalue weighted by Crippen LogP contribution is -2.41. The van der Waals surface area contributed by atoms with E-state index in [4.69, 9.17) is 9.31 Å². The quantitative estimate of drug-likeness (QED) is 0.501. The monoisotopic (exact) mass is 537 g/mol. The molecule has 0 amide bonds. The molecule has 2 aliphatic heterocycles. The molecule has 0 radical (unpaired) electrons. The Balaban J connectivity index is 1.51. The van der Waals surface area contributed by atoms with Crippen LogP contribution in [0.25, 0.3) is 0 Å². The minimum absolute atomic E-state index is 0.118. The number of carbonyl (C=O) groups excluding carboxylic acids is 1. The van der Waals surface area contributed by atoms with Crippen molar-refractivity contribution < 1.29 is 35.7 Å². The molecule has 2 heterocycles. The van der Waals surface area contributed by atoms with Gasteiger partial charge in [0.15, 0.2) is 5.78 Å². The Labute approximate surface area is 216 Å². The Hall–Kier alpha value is -2.21. The number of hydrogen-bond acceptors (Lipinski definition) is 5. The number of carbonyl (C=O) groups is 1. The number of sulfonamides is 1. The Morgan fingerprint density at radius 1 is 1.00 bits per heavy atom. The number of benzene rings is 2. The fourth-order valence-corrected chi connectivity index (χ4v) is 6.36. The van der Waals surface area contributed by atoms with E-state index in [0.717, 1.165) is 28.6 Å². The molecule has 0 aliphatic carbocycles. The van der Waals surface area contributed by atoms with Crippen LogP contribution in [0.4, 0.5) is 13.2 Å². The molecule has 0 aromatic heterocycles. The smallest absolute Gasteiger partial charge is 0.399 e. The van der Waals surface area contributed by atoms with Crippen LogP contribution < -0.4 is 5.46 Å². The van der Waals surface area contributed by atoms with Crippen LogP contribution in [0, 0.1) is 11.6 Å². The van der Waals surface area contributed by atoms with Gasteiger partial charge in [-0.15, -0.1) is 0 Å². The van der Waals surface area contributed by atoms with Gasteiger partial charge in [0.1, 0.15) is 17.3 Å². The molecular weight excluding hydrogens is 506 g/mol. The number of ketones is 1. The maximum absolute atomic E-state index is 15.0. The van der Waals surface area contributed by atoms with Crippen molar-refractivity contribution in [3.63, 3.8) is 0 Å². The van der Waals surface area contributed by atoms with Gasteiger partial charge >= 0.3 is 7.12 Å². The summed E-state index contributed by atoms with van der Waals surface area (Å²) in [5.41, 5.74) is -2.15. The van der Waals surface area contributed by atoms with E-state index < -0.39 is 64.0 Å². The number of hydrogen-bond donors (Lipinski definition) is 0. The summed E-state index contributed by atoms with van der Waals surface area (Å²) in [5.74, 6) is -1.61. The van der Waals surface area contributed by atoms with Crippen molar-refractivity contribution in [1.82, 2.24) is 4.31 Å². The predicted octanol–water partition coefficient (Wildman–Crippen LogP) is 3.96. The normalized spacial score (nSPS) is 25.5. The first kappa shape index (κ1) is 27.8. The molecule has 2 aliphatic rings. The Morgan fingerprint density at radius 2 is 1.59 bits per heavy atom. The zero-order valence-corrected chi connectivity index (χ0v) is 22.4. The zero-order chi connectivity index (χ0) is 27.4. The van der Waals surface area contributed by atoms with Gasteiger partial charge in [-0.1, -0.05) is 6.07 Å². The van der Waals surface area contributed by atoms with Gasteiger partial charge in [-0.25, -0.2) is 21.6 Å². The fraction of sp³-hybridized carbons (Fsp3) is 0.500.